The van der Waals surface area contributed by atoms with Gasteiger partial charge in [0.15, 0.2) is 23.8 Å². The molecule has 4 aliphatic rings. The highest BCUT2D eigenvalue weighted by Crippen LogP contribution is 2.72. The van der Waals surface area contributed by atoms with Crippen LogP contribution in [0.1, 0.15) is 47.0 Å². The summed E-state index contributed by atoms with van der Waals surface area (Å²) in [4.78, 5) is 36.8. The zero-order chi connectivity index (χ0) is 24.7. The van der Waals surface area contributed by atoms with E-state index in [1.54, 1.807) is 13.8 Å². The molecule has 182 valence electrons. The maximum atomic E-state index is 17.1. The number of alkyl halides is 3. The van der Waals surface area contributed by atoms with Crippen molar-refractivity contribution in [1.29, 1.82) is 0 Å². The molecule has 3 saturated carbocycles. The molecule has 3 fully saturated rings. The molecule has 4 rings (SSSR count). The van der Waals surface area contributed by atoms with Crippen LogP contribution in [-0.4, -0.2) is 52.9 Å². The molecule has 0 heterocycles. The van der Waals surface area contributed by atoms with Crippen LogP contribution in [0.4, 0.5) is 17.6 Å². The Kier molecular flexibility index (Phi) is 5.28. The monoisotopic (exact) mass is 472 g/mol. The molecule has 0 radical (unpaired) electrons. The van der Waals surface area contributed by atoms with E-state index < -0.39 is 101 Å². The number of ether oxygens (including phenoxy) is 1. The van der Waals surface area contributed by atoms with E-state index in [2.05, 4.69) is 0 Å². The van der Waals surface area contributed by atoms with Crippen LogP contribution in [0.5, 0.6) is 0 Å². The minimum atomic E-state index is -2.56. The molecular weight excluding hydrogens is 444 g/mol. The summed E-state index contributed by atoms with van der Waals surface area (Å²) in [6.07, 6.45) is -2.66. The van der Waals surface area contributed by atoms with Crippen molar-refractivity contribution >= 4 is 17.5 Å². The molecule has 4 aliphatic carbocycles. The first kappa shape index (κ1) is 24.1. The van der Waals surface area contributed by atoms with Gasteiger partial charge < -0.3 is 9.84 Å². The van der Waals surface area contributed by atoms with Crippen molar-refractivity contribution in [3.05, 3.63) is 23.6 Å². The lowest BCUT2D eigenvalue weighted by atomic mass is 9.44. The van der Waals surface area contributed by atoms with Gasteiger partial charge in [0, 0.05) is 35.2 Å². The number of halogens is 4. The molecule has 0 aliphatic heterocycles. The summed E-state index contributed by atoms with van der Waals surface area (Å²) in [7, 11) is 0. The predicted octanol–water partition coefficient (Wildman–Crippen LogP) is 3.69. The molecule has 5 nitrogen and oxygen atoms in total. The van der Waals surface area contributed by atoms with E-state index in [4.69, 9.17) is 4.74 Å². The van der Waals surface area contributed by atoms with Gasteiger partial charge in [0.2, 0.25) is 11.6 Å². The number of carbonyl (C=O) groups excluding carboxylic acids is 3. The average Bonchev–Trinajstić information content (AvgIpc) is 2.94. The number of hydrogen-bond acceptors (Lipinski definition) is 5. The molecule has 0 aromatic heterocycles. The van der Waals surface area contributed by atoms with Gasteiger partial charge in [-0.05, 0) is 38.2 Å². The fourth-order valence-corrected chi connectivity index (χ4v) is 7.81. The summed E-state index contributed by atoms with van der Waals surface area (Å²) in [6.45, 7) is 4.06. The van der Waals surface area contributed by atoms with E-state index in [-0.39, 0.29) is 6.42 Å². The molecule has 0 amide bonds. The Morgan fingerprint density at radius 2 is 1.88 bits per heavy atom. The highest BCUT2D eigenvalue weighted by molar-refractivity contribution is 6.04. The van der Waals surface area contributed by atoms with E-state index in [1.165, 1.54) is 6.92 Å². The molecule has 0 aromatic rings. The summed E-state index contributed by atoms with van der Waals surface area (Å²) in [6, 6.07) is 0. The first-order valence-corrected chi connectivity index (χ1v) is 11.2. The number of ketones is 2. The van der Waals surface area contributed by atoms with Crippen molar-refractivity contribution in [3.63, 3.8) is 0 Å². The molecule has 9 atom stereocenters. The molecule has 0 saturated heterocycles. The zero-order valence-corrected chi connectivity index (χ0v) is 19.0. The second-order valence-corrected chi connectivity index (χ2v) is 10.5. The van der Waals surface area contributed by atoms with Crippen LogP contribution in [0.3, 0.4) is 0 Å². The fourth-order valence-electron chi connectivity index (χ4n) is 7.81. The summed E-state index contributed by atoms with van der Waals surface area (Å²) in [5, 5.41) is 11.2. The van der Waals surface area contributed by atoms with Gasteiger partial charge in [0.05, 0.1) is 6.10 Å². The first-order chi connectivity index (χ1) is 15.2. The van der Waals surface area contributed by atoms with Gasteiger partial charge in [-0.1, -0.05) is 19.9 Å². The summed E-state index contributed by atoms with van der Waals surface area (Å²) < 4.78 is 66.5. The van der Waals surface area contributed by atoms with Crippen LogP contribution >= 0.6 is 0 Å². The van der Waals surface area contributed by atoms with E-state index >= 15 is 8.78 Å². The highest BCUT2D eigenvalue weighted by Gasteiger charge is 2.78. The topological polar surface area (TPSA) is 80.7 Å². The van der Waals surface area contributed by atoms with Gasteiger partial charge in [0.25, 0.3) is 0 Å². The van der Waals surface area contributed by atoms with Crippen LogP contribution in [0, 0.1) is 28.6 Å². The number of carbonyl (C=O) groups is 3. The maximum Gasteiger partial charge on any atom is 0.303 e. The molecule has 9 heteroatoms. The Morgan fingerprint density at radius 3 is 2.45 bits per heavy atom. The zero-order valence-electron chi connectivity index (χ0n) is 19.0. The molecule has 33 heavy (non-hydrogen) atoms. The van der Waals surface area contributed by atoms with Crippen molar-refractivity contribution in [2.75, 3.05) is 6.67 Å². The number of fused-ring (bicyclic) bond motifs is 5. The van der Waals surface area contributed by atoms with E-state index in [0.717, 1.165) is 19.1 Å². The van der Waals surface area contributed by atoms with Crippen LogP contribution in [0.15, 0.2) is 23.6 Å². The van der Waals surface area contributed by atoms with Crippen LogP contribution in [0.2, 0.25) is 0 Å². The highest BCUT2D eigenvalue weighted by atomic mass is 19.2. The third kappa shape index (κ3) is 2.66. The second kappa shape index (κ2) is 7.23. The minimum absolute atomic E-state index is 0.117. The van der Waals surface area contributed by atoms with Gasteiger partial charge in [-0.15, -0.1) is 0 Å². The number of rotatable bonds is 3. The van der Waals surface area contributed by atoms with Crippen molar-refractivity contribution in [1.82, 2.24) is 0 Å². The van der Waals surface area contributed by atoms with Gasteiger partial charge in [-0.25, -0.2) is 17.6 Å². The van der Waals surface area contributed by atoms with Crippen molar-refractivity contribution < 1.29 is 41.8 Å². The summed E-state index contributed by atoms with van der Waals surface area (Å²) in [5.74, 6) is -6.92. The quantitative estimate of drug-likeness (QED) is 0.501. The largest absolute Gasteiger partial charge is 0.450 e. The van der Waals surface area contributed by atoms with Gasteiger partial charge >= 0.3 is 5.97 Å². The maximum absolute atomic E-state index is 17.1. The lowest BCUT2D eigenvalue weighted by Gasteiger charge is -2.63. The molecule has 0 spiro atoms. The normalized spacial score (nSPS) is 48.8. The Labute approximate surface area is 189 Å². The molecule has 1 N–H and O–H groups in total. The number of esters is 1. The van der Waals surface area contributed by atoms with Crippen molar-refractivity contribution in [2.24, 2.45) is 28.6 Å². The Balaban J connectivity index is 1.91. The molecule has 0 unspecified atom stereocenters. The molecule has 0 aromatic carbocycles. The van der Waals surface area contributed by atoms with E-state index in [0.29, 0.717) is 0 Å². The average molecular weight is 472 g/mol. The lowest BCUT2D eigenvalue weighted by Crippen LogP contribution is -2.71. The smallest absolute Gasteiger partial charge is 0.303 e. The first-order valence-electron chi connectivity index (χ1n) is 11.2. The van der Waals surface area contributed by atoms with E-state index in [1.807, 2.05) is 0 Å². The summed E-state index contributed by atoms with van der Waals surface area (Å²) in [5.41, 5.74) is -8.45. The van der Waals surface area contributed by atoms with Crippen molar-refractivity contribution in [3.8, 4) is 0 Å². The fraction of sp³-hybridized carbons (Fsp3) is 0.708. The van der Waals surface area contributed by atoms with Gasteiger partial charge in [-0.2, -0.15) is 0 Å². The Hall–Kier alpha value is -2.03. The third-order valence-electron chi connectivity index (χ3n) is 9.09. The van der Waals surface area contributed by atoms with Crippen molar-refractivity contribution in [2.45, 2.75) is 70.5 Å². The van der Waals surface area contributed by atoms with Crippen LogP contribution in [-0.2, 0) is 19.1 Å². The van der Waals surface area contributed by atoms with Crippen LogP contribution in [0.25, 0.3) is 0 Å². The number of hydrogen-bond donors (Lipinski definition) is 1. The SMILES string of the molecule is CC(=O)O[C@@]1(C(=O)CF)[C@@H](C)C[C@H]2[C@@H]3C[C@H](F)C4=C(F)C(=O)C=C[C@]4(C)[C@@]3(F)[C@@H](O)C[C@@]21C. The minimum Gasteiger partial charge on any atom is -0.450 e. The molecule has 0 bridgehead atoms. The molecular formula is C24H28F4O5. The van der Waals surface area contributed by atoms with Gasteiger partial charge in [-0.3, -0.25) is 14.4 Å². The van der Waals surface area contributed by atoms with E-state index in [9.17, 15) is 28.3 Å². The standard InChI is InChI=1S/C24H28F4O5/c1-11-7-13-14-8-15(26)19-20(27)16(30)5-6-21(19,3)23(14,28)17(31)9-22(13,4)24(11,18(32)10-25)33-12(2)29/h5-6,11,13-15,17,31H,7-10H2,1-4H3/t11-,13-,14-,15-,17-,21-,22-,23-,24+/m0/s1. The summed E-state index contributed by atoms with van der Waals surface area (Å²) >= 11 is 0. The van der Waals surface area contributed by atoms with Gasteiger partial charge in [0.1, 0.15) is 6.17 Å². The number of Topliss-reactive ketones (excluding diaryl/α,β-unsaturated/α-hetero) is 1. The Bertz CT molecular complexity index is 993. The number of allylic oxidation sites excluding steroid dienone is 4. The second-order valence-electron chi connectivity index (χ2n) is 10.5. The Morgan fingerprint density at radius 1 is 1.24 bits per heavy atom. The van der Waals surface area contributed by atoms with Crippen LogP contribution < -0.4 is 0 Å². The third-order valence-corrected chi connectivity index (χ3v) is 9.09. The number of aliphatic hydroxyl groups excluding tert-OH is 1. The number of aliphatic hydroxyl groups is 1. The predicted molar refractivity (Wildman–Crippen MR) is 109 cm³/mol. The lowest BCUT2D eigenvalue weighted by molar-refractivity contribution is -0.231.